The SMILES string of the molecule is Cc1cc(C)c(NCCC(N)=S)c(Cl)c1. The lowest BCUT2D eigenvalue weighted by Gasteiger charge is -2.12. The average molecular weight is 243 g/mol. The van der Waals surface area contributed by atoms with Crippen LogP contribution in [-0.4, -0.2) is 11.5 Å². The van der Waals surface area contributed by atoms with Crippen molar-refractivity contribution < 1.29 is 0 Å². The molecule has 0 aromatic heterocycles. The molecule has 0 saturated heterocycles. The highest BCUT2D eigenvalue weighted by Crippen LogP contribution is 2.27. The number of thiocarbonyl (C=S) groups is 1. The van der Waals surface area contributed by atoms with Gasteiger partial charge in [-0.1, -0.05) is 29.9 Å². The second-order valence-corrected chi connectivity index (χ2v) is 4.51. The highest BCUT2D eigenvalue weighted by molar-refractivity contribution is 7.80. The predicted octanol–water partition coefficient (Wildman–Crippen LogP) is 3.04. The summed E-state index contributed by atoms with van der Waals surface area (Å²) in [7, 11) is 0. The van der Waals surface area contributed by atoms with Crippen LogP contribution in [0.3, 0.4) is 0 Å². The number of aryl methyl sites for hydroxylation is 2. The molecule has 15 heavy (non-hydrogen) atoms. The van der Waals surface area contributed by atoms with Gasteiger partial charge in [0.25, 0.3) is 0 Å². The molecule has 0 spiro atoms. The van der Waals surface area contributed by atoms with Crippen molar-refractivity contribution >= 4 is 34.5 Å². The molecule has 2 nitrogen and oxygen atoms in total. The third-order valence-corrected chi connectivity index (χ3v) is 2.61. The first-order valence-electron chi connectivity index (χ1n) is 4.79. The van der Waals surface area contributed by atoms with Gasteiger partial charge in [-0.3, -0.25) is 0 Å². The standard InChI is InChI=1S/C11H15ClN2S/c1-7-5-8(2)11(9(12)6-7)14-4-3-10(13)15/h5-6,14H,3-4H2,1-2H3,(H2,13,15). The minimum atomic E-state index is 0.517. The van der Waals surface area contributed by atoms with Crippen molar-refractivity contribution in [3.05, 3.63) is 28.3 Å². The van der Waals surface area contributed by atoms with Gasteiger partial charge in [-0.2, -0.15) is 0 Å². The molecule has 3 N–H and O–H groups in total. The van der Waals surface area contributed by atoms with Gasteiger partial charge in [0.05, 0.1) is 15.7 Å². The molecule has 0 amide bonds. The van der Waals surface area contributed by atoms with Gasteiger partial charge in [-0.25, -0.2) is 0 Å². The minimum Gasteiger partial charge on any atom is -0.393 e. The number of rotatable bonds is 4. The van der Waals surface area contributed by atoms with Crippen LogP contribution in [0.5, 0.6) is 0 Å². The fourth-order valence-corrected chi connectivity index (χ4v) is 1.94. The monoisotopic (exact) mass is 242 g/mol. The van der Waals surface area contributed by atoms with E-state index in [0.717, 1.165) is 28.4 Å². The number of anilines is 1. The van der Waals surface area contributed by atoms with Crippen LogP contribution in [0.25, 0.3) is 0 Å². The van der Waals surface area contributed by atoms with Crippen LogP contribution in [-0.2, 0) is 0 Å². The summed E-state index contributed by atoms with van der Waals surface area (Å²) in [5, 5.41) is 3.99. The average Bonchev–Trinajstić information content (AvgIpc) is 2.08. The minimum absolute atomic E-state index is 0.517. The molecular formula is C11H15ClN2S. The molecular weight excluding hydrogens is 228 g/mol. The van der Waals surface area contributed by atoms with Crippen LogP contribution in [0.1, 0.15) is 17.5 Å². The summed E-state index contributed by atoms with van der Waals surface area (Å²) in [4.78, 5) is 0.517. The summed E-state index contributed by atoms with van der Waals surface area (Å²) in [6.07, 6.45) is 0.680. The smallest absolute Gasteiger partial charge is 0.0745 e. The maximum atomic E-state index is 6.12. The lowest BCUT2D eigenvalue weighted by molar-refractivity contribution is 1.10. The first-order valence-corrected chi connectivity index (χ1v) is 5.58. The van der Waals surface area contributed by atoms with Gasteiger partial charge >= 0.3 is 0 Å². The number of hydrogen-bond acceptors (Lipinski definition) is 2. The van der Waals surface area contributed by atoms with Crippen LogP contribution in [0, 0.1) is 13.8 Å². The maximum Gasteiger partial charge on any atom is 0.0745 e. The Balaban J connectivity index is 2.72. The number of hydrogen-bond donors (Lipinski definition) is 2. The predicted molar refractivity (Wildman–Crippen MR) is 70.8 cm³/mol. The lowest BCUT2D eigenvalue weighted by atomic mass is 10.1. The van der Waals surface area contributed by atoms with Crippen molar-refractivity contribution in [2.45, 2.75) is 20.3 Å². The van der Waals surface area contributed by atoms with Gasteiger partial charge in [-0.05, 0) is 31.0 Å². The first-order chi connectivity index (χ1) is 7.00. The second kappa shape index (κ2) is 5.33. The molecule has 0 saturated carbocycles. The van der Waals surface area contributed by atoms with Gasteiger partial charge < -0.3 is 11.1 Å². The van der Waals surface area contributed by atoms with E-state index in [1.807, 2.05) is 19.9 Å². The van der Waals surface area contributed by atoms with Crippen molar-refractivity contribution in [3.8, 4) is 0 Å². The van der Waals surface area contributed by atoms with Crippen LogP contribution >= 0.6 is 23.8 Å². The van der Waals surface area contributed by atoms with Crippen molar-refractivity contribution in [1.82, 2.24) is 0 Å². The van der Waals surface area contributed by atoms with E-state index in [1.54, 1.807) is 0 Å². The zero-order valence-corrected chi connectivity index (χ0v) is 10.5. The molecule has 0 aliphatic heterocycles. The molecule has 1 aromatic carbocycles. The van der Waals surface area contributed by atoms with E-state index in [4.69, 9.17) is 29.6 Å². The maximum absolute atomic E-state index is 6.12. The van der Waals surface area contributed by atoms with Crippen LogP contribution in [0.2, 0.25) is 5.02 Å². The van der Waals surface area contributed by atoms with E-state index >= 15 is 0 Å². The second-order valence-electron chi connectivity index (χ2n) is 3.58. The van der Waals surface area contributed by atoms with E-state index in [2.05, 4.69) is 11.4 Å². The Bertz CT molecular complexity index is 354. The number of halogens is 1. The molecule has 0 aliphatic rings. The van der Waals surface area contributed by atoms with Gasteiger partial charge in [0.15, 0.2) is 0 Å². The molecule has 0 radical (unpaired) electrons. The van der Waals surface area contributed by atoms with Crippen molar-refractivity contribution in [2.75, 3.05) is 11.9 Å². The Morgan fingerprint density at radius 3 is 2.67 bits per heavy atom. The van der Waals surface area contributed by atoms with E-state index in [9.17, 15) is 0 Å². The highest BCUT2D eigenvalue weighted by atomic mass is 35.5. The van der Waals surface area contributed by atoms with E-state index in [1.165, 1.54) is 0 Å². The van der Waals surface area contributed by atoms with Gasteiger partial charge in [0, 0.05) is 13.0 Å². The largest absolute Gasteiger partial charge is 0.393 e. The lowest BCUT2D eigenvalue weighted by Crippen LogP contribution is -2.14. The molecule has 0 bridgehead atoms. The summed E-state index contributed by atoms with van der Waals surface area (Å²) in [6, 6.07) is 4.03. The highest BCUT2D eigenvalue weighted by Gasteiger charge is 2.04. The van der Waals surface area contributed by atoms with Crippen LogP contribution in [0.4, 0.5) is 5.69 Å². The molecule has 0 aliphatic carbocycles. The Hall–Kier alpha value is -0.800. The van der Waals surface area contributed by atoms with E-state index in [-0.39, 0.29) is 0 Å². The molecule has 0 fully saturated rings. The fraction of sp³-hybridized carbons (Fsp3) is 0.364. The van der Waals surface area contributed by atoms with Crippen molar-refractivity contribution in [3.63, 3.8) is 0 Å². The summed E-state index contributed by atoms with van der Waals surface area (Å²) < 4.78 is 0. The molecule has 0 atom stereocenters. The van der Waals surface area contributed by atoms with Crippen molar-refractivity contribution in [1.29, 1.82) is 0 Å². The molecule has 0 heterocycles. The summed E-state index contributed by atoms with van der Waals surface area (Å²) in [6.45, 7) is 4.78. The Kier molecular flexibility index (Phi) is 4.36. The molecule has 82 valence electrons. The summed E-state index contributed by atoms with van der Waals surface area (Å²) >= 11 is 10.9. The number of benzene rings is 1. The van der Waals surface area contributed by atoms with Crippen LogP contribution in [0.15, 0.2) is 12.1 Å². The third-order valence-electron chi connectivity index (χ3n) is 2.10. The number of nitrogens with two attached hydrogens (primary N) is 1. The Morgan fingerprint density at radius 2 is 2.13 bits per heavy atom. The molecule has 4 heteroatoms. The normalized spacial score (nSPS) is 10.1. The zero-order valence-electron chi connectivity index (χ0n) is 8.93. The topological polar surface area (TPSA) is 38.0 Å². The fourth-order valence-electron chi connectivity index (χ4n) is 1.45. The third kappa shape index (κ3) is 3.68. The summed E-state index contributed by atoms with van der Waals surface area (Å²) in [5.74, 6) is 0. The zero-order chi connectivity index (χ0) is 11.4. The summed E-state index contributed by atoms with van der Waals surface area (Å²) in [5.41, 5.74) is 8.69. The molecule has 0 unspecified atom stereocenters. The molecule has 1 aromatic rings. The van der Waals surface area contributed by atoms with Crippen molar-refractivity contribution in [2.24, 2.45) is 5.73 Å². The number of nitrogens with one attached hydrogen (secondary N) is 1. The molecule has 1 rings (SSSR count). The van der Waals surface area contributed by atoms with E-state index in [0.29, 0.717) is 11.4 Å². The first kappa shape index (κ1) is 12.3. The Labute approximate surface area is 101 Å². The van der Waals surface area contributed by atoms with Gasteiger partial charge in [0.1, 0.15) is 0 Å². The van der Waals surface area contributed by atoms with Gasteiger partial charge in [0.2, 0.25) is 0 Å². The van der Waals surface area contributed by atoms with Gasteiger partial charge in [-0.15, -0.1) is 0 Å². The van der Waals surface area contributed by atoms with Crippen LogP contribution < -0.4 is 11.1 Å². The quantitative estimate of drug-likeness (QED) is 0.797. The van der Waals surface area contributed by atoms with E-state index < -0.39 is 0 Å². The Morgan fingerprint density at radius 1 is 1.47 bits per heavy atom.